The molecule has 3 heterocycles. The van der Waals surface area contributed by atoms with Crippen LogP contribution in [0.3, 0.4) is 0 Å². The van der Waals surface area contributed by atoms with Gasteiger partial charge in [0.05, 0.1) is 51.5 Å². The summed E-state index contributed by atoms with van der Waals surface area (Å²) in [4.78, 5) is 90.6. The number of aliphatic hydroxyl groups excluding tert-OH is 6. The summed E-state index contributed by atoms with van der Waals surface area (Å²) in [6.45, 7) is -2.63. The van der Waals surface area contributed by atoms with E-state index < -0.39 is 153 Å². The minimum Gasteiger partial charge on any atom is -0.508 e. The smallest absolute Gasteiger partial charge is 0.246 e. The Kier molecular flexibility index (Phi) is 18.3. The number of nitrogens with one attached hydrogen (secondary N) is 6. The Morgan fingerprint density at radius 1 is 0.797 bits per heavy atom. The van der Waals surface area contributed by atoms with Gasteiger partial charge in [-0.1, -0.05) is 42.0 Å². The van der Waals surface area contributed by atoms with E-state index in [0.29, 0.717) is 11.1 Å². The fraction of sp³-hybridized carbons (Fsp3) is 0.524. The first kappa shape index (κ1) is 53.4. The molecule has 378 valence electrons. The number of benzene rings is 2. The summed E-state index contributed by atoms with van der Waals surface area (Å²) < 4.78 is 5.74. The van der Waals surface area contributed by atoms with Crippen molar-refractivity contribution in [2.24, 2.45) is 27.2 Å². The lowest BCUT2D eigenvalue weighted by molar-refractivity contribution is -0.264. The van der Waals surface area contributed by atoms with Gasteiger partial charge in [-0.25, -0.2) is 0 Å². The molecule has 69 heavy (non-hydrogen) atoms. The molecule has 0 radical (unpaired) electrons. The number of hydrogen-bond acceptors (Lipinski definition) is 22. The van der Waals surface area contributed by atoms with Gasteiger partial charge in [0.2, 0.25) is 29.5 Å². The van der Waals surface area contributed by atoms with Gasteiger partial charge in [-0.15, -0.1) is 0 Å². The van der Waals surface area contributed by atoms with Crippen LogP contribution in [0, 0.1) is 6.92 Å². The van der Waals surface area contributed by atoms with Gasteiger partial charge in [-0.3, -0.25) is 34.0 Å². The Labute approximate surface area is 394 Å². The number of aryl methyl sites for hydroxylation is 1. The third kappa shape index (κ3) is 12.6. The van der Waals surface area contributed by atoms with Crippen LogP contribution in [-0.2, 0) is 46.3 Å². The van der Waals surface area contributed by atoms with Gasteiger partial charge in [0.25, 0.3) is 0 Å². The molecule has 1 fully saturated rings. The van der Waals surface area contributed by atoms with Gasteiger partial charge in [0.1, 0.15) is 72.3 Å². The van der Waals surface area contributed by atoms with E-state index in [1.165, 1.54) is 24.3 Å². The number of carbonyl (C=O) groups is 6. The summed E-state index contributed by atoms with van der Waals surface area (Å²) in [5.41, 5.74) is 16.9. The molecule has 0 aliphatic carbocycles. The first-order valence-electron chi connectivity index (χ1n) is 21.7. The fourth-order valence-corrected chi connectivity index (χ4v) is 8.11. The number of aromatic hydroxyl groups is 1. The standard InChI is InChI=1S/C42H60N12O15/c1-19-2-4-20(5-3-19)10-24(49-30(60)12-43)35(64)50-25(11-21-6-8-23(59)9-7-21)36(65)51-26(17-57)37(66)53-34(38(67)48-22(15-55)16-56)42(68,28-13-46-40(44)52-28)29-14-47-41(45)54(29)39-33(63)32(62)31(61)27(18-58)69-39/h2-9,15,22,24-29,31-34,39,56-59,61-63,68H,10-14,16-18,43H2,1H3,(H2,45,47)(H,48,67)(H,49,60)(H,50,64)(H,51,65)(H,53,66)(H3,44,46,52)/t22-,24+,25+,26+,27?,28?,29?,31?,32?,33?,34-,39?,42?/m1/s1. The topological polar surface area (TPSA) is 452 Å². The number of carbonyl (C=O) groups excluding carboxylic acids is 6. The molecule has 27 nitrogen and oxygen atoms in total. The Morgan fingerprint density at radius 2 is 1.38 bits per heavy atom. The van der Waals surface area contributed by atoms with Crippen molar-refractivity contribution < 1.29 is 74.4 Å². The van der Waals surface area contributed by atoms with Crippen LogP contribution < -0.4 is 49.1 Å². The zero-order valence-corrected chi connectivity index (χ0v) is 37.3. The van der Waals surface area contributed by atoms with Crippen LogP contribution in [0.25, 0.3) is 0 Å². The Morgan fingerprint density at radius 3 is 1.91 bits per heavy atom. The fourth-order valence-electron chi connectivity index (χ4n) is 8.11. The van der Waals surface area contributed by atoms with Crippen molar-refractivity contribution in [3.63, 3.8) is 0 Å². The van der Waals surface area contributed by atoms with E-state index in [-0.39, 0.29) is 30.8 Å². The van der Waals surface area contributed by atoms with Crippen LogP contribution in [0.5, 0.6) is 5.75 Å². The second-order valence-electron chi connectivity index (χ2n) is 16.7. The van der Waals surface area contributed by atoms with E-state index in [2.05, 4.69) is 41.9 Å². The van der Waals surface area contributed by atoms with Crippen molar-refractivity contribution in [3.8, 4) is 5.75 Å². The number of guanidine groups is 2. The number of rotatable bonds is 22. The Balaban J connectivity index is 1.50. The van der Waals surface area contributed by atoms with Gasteiger partial charge in [0, 0.05) is 12.8 Å². The molecule has 5 amide bonds. The number of hydrogen-bond donors (Lipinski definition) is 17. The zero-order chi connectivity index (χ0) is 50.7. The third-order valence-corrected chi connectivity index (χ3v) is 11.9. The van der Waals surface area contributed by atoms with E-state index >= 15 is 0 Å². The van der Waals surface area contributed by atoms with Crippen LogP contribution in [0.15, 0.2) is 58.5 Å². The number of aliphatic imine (C=N–C) groups is 2. The number of phenolic OH excluding ortho intramolecular Hbond substituents is 1. The maximum atomic E-state index is 14.4. The van der Waals surface area contributed by atoms with Gasteiger partial charge in [-0.2, -0.15) is 0 Å². The van der Waals surface area contributed by atoms with Crippen LogP contribution in [-0.4, -0.2) is 211 Å². The lowest BCUT2D eigenvalue weighted by atomic mass is 9.77. The minimum absolute atomic E-state index is 0.0429. The van der Waals surface area contributed by atoms with Crippen molar-refractivity contribution in [2.75, 3.05) is 39.5 Å². The molecule has 0 bridgehead atoms. The molecule has 0 spiro atoms. The number of amides is 5. The first-order valence-corrected chi connectivity index (χ1v) is 21.7. The summed E-state index contributed by atoms with van der Waals surface area (Å²) in [5.74, 6) is -6.21. The molecule has 2 aromatic rings. The average Bonchev–Trinajstić information content (AvgIpc) is 3.96. The van der Waals surface area contributed by atoms with Crippen LogP contribution in [0.2, 0.25) is 0 Å². The normalized spacial score (nSPS) is 25.2. The molecule has 8 unspecified atom stereocenters. The molecular weight excluding hydrogens is 913 g/mol. The molecule has 0 aromatic heterocycles. The highest BCUT2D eigenvalue weighted by Gasteiger charge is 2.61. The lowest BCUT2D eigenvalue weighted by Crippen LogP contribution is -2.78. The predicted molar refractivity (Wildman–Crippen MR) is 240 cm³/mol. The zero-order valence-electron chi connectivity index (χ0n) is 37.3. The van der Waals surface area contributed by atoms with Crippen LogP contribution >= 0.6 is 0 Å². The molecule has 20 N–H and O–H groups in total. The third-order valence-electron chi connectivity index (χ3n) is 11.9. The van der Waals surface area contributed by atoms with Gasteiger partial charge < -0.3 is 104 Å². The highest BCUT2D eigenvalue weighted by atomic mass is 16.6. The van der Waals surface area contributed by atoms with Crippen molar-refractivity contribution in [1.29, 1.82) is 0 Å². The number of aliphatic hydroxyl groups is 7. The highest BCUT2D eigenvalue weighted by molar-refractivity contribution is 5.97. The number of nitrogens with two attached hydrogens (primary N) is 3. The summed E-state index contributed by atoms with van der Waals surface area (Å²) >= 11 is 0. The quantitative estimate of drug-likeness (QED) is 0.0487. The van der Waals surface area contributed by atoms with Crippen molar-refractivity contribution in [1.82, 2.24) is 36.8 Å². The summed E-state index contributed by atoms with van der Waals surface area (Å²) in [6.07, 6.45) is -9.32. The second-order valence-corrected chi connectivity index (χ2v) is 16.7. The largest absolute Gasteiger partial charge is 0.508 e. The highest BCUT2D eigenvalue weighted by Crippen LogP contribution is 2.35. The second kappa shape index (κ2) is 23.6. The van der Waals surface area contributed by atoms with Crippen LogP contribution in [0.4, 0.5) is 0 Å². The maximum Gasteiger partial charge on any atom is 0.246 e. The minimum atomic E-state index is -2.82. The molecule has 27 heteroatoms. The molecule has 0 saturated carbocycles. The van der Waals surface area contributed by atoms with Gasteiger partial charge in [-0.05, 0) is 30.2 Å². The molecule has 13 atom stereocenters. The lowest BCUT2D eigenvalue weighted by Gasteiger charge is -2.51. The Bertz CT molecular complexity index is 2200. The average molecular weight is 973 g/mol. The summed E-state index contributed by atoms with van der Waals surface area (Å²) in [6, 6.07) is 0.579. The van der Waals surface area contributed by atoms with E-state index in [1.807, 2.05) is 6.92 Å². The first-order chi connectivity index (χ1) is 32.8. The monoisotopic (exact) mass is 972 g/mol. The van der Waals surface area contributed by atoms with Gasteiger partial charge in [0.15, 0.2) is 18.1 Å². The van der Waals surface area contributed by atoms with E-state index in [0.717, 1.165) is 10.5 Å². The van der Waals surface area contributed by atoms with E-state index in [1.54, 1.807) is 24.3 Å². The Hall–Kier alpha value is -6.56. The molecular formula is C42H60N12O15. The maximum absolute atomic E-state index is 14.4. The molecule has 1 saturated heterocycles. The number of phenols is 1. The van der Waals surface area contributed by atoms with E-state index in [9.17, 15) is 69.6 Å². The van der Waals surface area contributed by atoms with Crippen molar-refractivity contribution in [2.45, 2.75) is 98.3 Å². The van der Waals surface area contributed by atoms with Crippen LogP contribution in [0.1, 0.15) is 16.7 Å². The van der Waals surface area contributed by atoms with E-state index in [4.69, 9.17) is 21.9 Å². The molecule has 3 aliphatic heterocycles. The predicted octanol–water partition coefficient (Wildman–Crippen LogP) is -9.13. The number of aldehydes is 1. The van der Waals surface area contributed by atoms with Crippen molar-refractivity contribution in [3.05, 3.63) is 65.2 Å². The molecule has 3 aliphatic rings. The number of nitrogens with zero attached hydrogens (tertiary/aromatic N) is 3. The SMILES string of the molecule is Cc1ccc(C[C@H](NC(=O)CN)C(=O)N[C@@H](Cc2ccc(O)cc2)C(=O)N[C@@H](CO)C(=O)N[C@H](C(=O)N[C@H](C=O)CO)C(O)(C2CN=C(N)N2)C2CN=C(N)N2C2OC(CO)C(O)C(O)C2O)cc1. The molecule has 5 rings (SSSR count). The van der Waals surface area contributed by atoms with Gasteiger partial charge >= 0.3 is 0 Å². The summed E-state index contributed by atoms with van der Waals surface area (Å²) in [7, 11) is 0. The number of ether oxygens (including phenoxy) is 1. The summed E-state index contributed by atoms with van der Waals surface area (Å²) in [5, 5.41) is 100. The molecule has 2 aromatic carbocycles. The van der Waals surface area contributed by atoms with Crippen molar-refractivity contribution >= 4 is 47.7 Å².